The molecule has 1 fully saturated rings. The Kier molecular flexibility index (Phi) is 5.02. The van der Waals surface area contributed by atoms with E-state index in [1.165, 1.54) is 0 Å². The van der Waals surface area contributed by atoms with E-state index in [9.17, 15) is 0 Å². The van der Waals surface area contributed by atoms with Crippen LogP contribution in [0.2, 0.25) is 0 Å². The predicted octanol–water partition coefficient (Wildman–Crippen LogP) is 2.61. The number of nitrogens with one attached hydrogen (secondary N) is 1. The van der Waals surface area contributed by atoms with Gasteiger partial charge in [0.1, 0.15) is 5.75 Å². The molecule has 3 nitrogen and oxygen atoms in total. The van der Waals surface area contributed by atoms with Gasteiger partial charge in [0.05, 0.1) is 6.61 Å². The van der Waals surface area contributed by atoms with E-state index in [0.29, 0.717) is 0 Å². The molecule has 0 amide bonds. The summed E-state index contributed by atoms with van der Waals surface area (Å²) in [5, 5.41) is 3.62. The molecule has 1 aromatic carbocycles. The molecular formula is C15H23NO2. The quantitative estimate of drug-likeness (QED) is 0.786. The number of hydrogen-bond donors (Lipinski definition) is 1. The van der Waals surface area contributed by atoms with Crippen molar-refractivity contribution in [1.82, 2.24) is 5.32 Å². The normalized spacial score (nSPS) is 18.5. The van der Waals surface area contributed by atoms with Crippen molar-refractivity contribution in [3.05, 3.63) is 30.3 Å². The fourth-order valence-electron chi connectivity index (χ4n) is 2.17. The Bertz CT molecular complexity index is 334. The molecule has 1 heterocycles. The number of para-hydroxylation sites is 1. The summed E-state index contributed by atoms with van der Waals surface area (Å²) < 4.78 is 11.0. The van der Waals surface area contributed by atoms with Crippen LogP contribution in [0.4, 0.5) is 0 Å². The molecule has 0 spiro atoms. The minimum Gasteiger partial charge on any atom is -0.494 e. The topological polar surface area (TPSA) is 30.5 Å². The molecule has 1 N–H and O–H groups in total. The van der Waals surface area contributed by atoms with Crippen LogP contribution < -0.4 is 10.1 Å². The molecule has 18 heavy (non-hydrogen) atoms. The van der Waals surface area contributed by atoms with Gasteiger partial charge in [0, 0.05) is 18.8 Å². The highest BCUT2D eigenvalue weighted by Gasteiger charge is 2.25. The highest BCUT2D eigenvalue weighted by Crippen LogP contribution is 2.19. The van der Waals surface area contributed by atoms with Gasteiger partial charge in [-0.1, -0.05) is 18.2 Å². The van der Waals surface area contributed by atoms with E-state index in [1.54, 1.807) is 0 Å². The Hall–Kier alpha value is -1.06. The van der Waals surface area contributed by atoms with Gasteiger partial charge in [-0.2, -0.15) is 0 Å². The summed E-state index contributed by atoms with van der Waals surface area (Å²) in [6, 6.07) is 9.98. The van der Waals surface area contributed by atoms with Gasteiger partial charge < -0.3 is 14.8 Å². The lowest BCUT2D eigenvalue weighted by molar-refractivity contribution is 0.0450. The van der Waals surface area contributed by atoms with E-state index in [1.807, 2.05) is 30.3 Å². The summed E-state index contributed by atoms with van der Waals surface area (Å²) in [5.74, 6) is 0.953. The van der Waals surface area contributed by atoms with Crippen LogP contribution >= 0.6 is 0 Å². The molecule has 0 radical (unpaired) electrons. The second kappa shape index (κ2) is 6.76. The Morgan fingerprint density at radius 1 is 1.22 bits per heavy atom. The maximum Gasteiger partial charge on any atom is 0.119 e. The lowest BCUT2D eigenvalue weighted by Crippen LogP contribution is -2.47. The summed E-state index contributed by atoms with van der Waals surface area (Å²) in [5.41, 5.74) is 0.255. The maximum atomic E-state index is 5.66. The van der Waals surface area contributed by atoms with E-state index in [4.69, 9.17) is 9.47 Å². The first kappa shape index (κ1) is 13.4. The summed E-state index contributed by atoms with van der Waals surface area (Å²) >= 11 is 0. The Morgan fingerprint density at radius 3 is 2.67 bits per heavy atom. The Labute approximate surface area is 109 Å². The van der Waals surface area contributed by atoms with Crippen LogP contribution in [0.5, 0.6) is 5.75 Å². The number of benzene rings is 1. The molecule has 1 aliphatic heterocycles. The van der Waals surface area contributed by atoms with Crippen LogP contribution in [0.15, 0.2) is 30.3 Å². The zero-order chi connectivity index (χ0) is 12.7. The van der Waals surface area contributed by atoms with Gasteiger partial charge in [0.15, 0.2) is 0 Å². The molecule has 1 aromatic rings. The van der Waals surface area contributed by atoms with E-state index < -0.39 is 0 Å². The fraction of sp³-hybridized carbons (Fsp3) is 0.600. The lowest BCUT2D eigenvalue weighted by Gasteiger charge is -2.34. The molecule has 0 aromatic heterocycles. The molecular weight excluding hydrogens is 226 g/mol. The molecule has 0 atom stereocenters. The lowest BCUT2D eigenvalue weighted by atomic mass is 9.92. The van der Waals surface area contributed by atoms with Crippen molar-refractivity contribution in [2.45, 2.75) is 31.7 Å². The van der Waals surface area contributed by atoms with Crippen molar-refractivity contribution in [2.24, 2.45) is 0 Å². The second-order valence-electron chi connectivity index (χ2n) is 5.11. The van der Waals surface area contributed by atoms with Gasteiger partial charge in [0.2, 0.25) is 0 Å². The molecule has 0 unspecified atom stereocenters. The number of ether oxygens (including phenoxy) is 2. The highest BCUT2D eigenvalue weighted by atomic mass is 16.5. The van der Waals surface area contributed by atoms with Crippen molar-refractivity contribution in [2.75, 3.05) is 26.4 Å². The zero-order valence-electron chi connectivity index (χ0n) is 11.2. The SMILES string of the molecule is CC1(NCCCOc2ccccc2)CCOCC1. The standard InChI is InChI=1S/C15H23NO2/c1-15(8-12-17-13-9-15)16-10-5-11-18-14-6-3-2-4-7-14/h2-4,6-7,16H,5,8-13H2,1H3. The van der Waals surface area contributed by atoms with E-state index in [0.717, 1.165) is 51.4 Å². The minimum absolute atomic E-state index is 0.255. The van der Waals surface area contributed by atoms with E-state index in [2.05, 4.69) is 12.2 Å². The van der Waals surface area contributed by atoms with Gasteiger partial charge in [-0.05, 0) is 44.9 Å². The maximum absolute atomic E-state index is 5.66. The average molecular weight is 249 g/mol. The van der Waals surface area contributed by atoms with Crippen molar-refractivity contribution in [3.63, 3.8) is 0 Å². The van der Waals surface area contributed by atoms with Gasteiger partial charge in [0.25, 0.3) is 0 Å². The molecule has 0 bridgehead atoms. The van der Waals surface area contributed by atoms with Gasteiger partial charge in [-0.25, -0.2) is 0 Å². The van der Waals surface area contributed by atoms with Gasteiger partial charge >= 0.3 is 0 Å². The zero-order valence-corrected chi connectivity index (χ0v) is 11.2. The molecule has 1 saturated heterocycles. The first-order chi connectivity index (χ1) is 8.79. The first-order valence-electron chi connectivity index (χ1n) is 6.79. The Morgan fingerprint density at radius 2 is 1.94 bits per heavy atom. The monoisotopic (exact) mass is 249 g/mol. The van der Waals surface area contributed by atoms with Crippen LogP contribution in [-0.2, 0) is 4.74 Å². The van der Waals surface area contributed by atoms with E-state index >= 15 is 0 Å². The largest absolute Gasteiger partial charge is 0.494 e. The molecule has 0 aliphatic carbocycles. The van der Waals surface area contributed by atoms with Crippen LogP contribution in [0.1, 0.15) is 26.2 Å². The molecule has 3 heteroatoms. The first-order valence-corrected chi connectivity index (χ1v) is 6.79. The molecule has 2 rings (SSSR count). The smallest absolute Gasteiger partial charge is 0.119 e. The number of hydrogen-bond acceptors (Lipinski definition) is 3. The third-order valence-electron chi connectivity index (χ3n) is 3.48. The Balaban J connectivity index is 1.58. The van der Waals surface area contributed by atoms with Gasteiger partial charge in [-0.15, -0.1) is 0 Å². The summed E-state index contributed by atoms with van der Waals surface area (Å²) in [6.45, 7) is 5.81. The number of rotatable bonds is 6. The second-order valence-corrected chi connectivity index (χ2v) is 5.11. The third-order valence-corrected chi connectivity index (χ3v) is 3.48. The van der Waals surface area contributed by atoms with Crippen molar-refractivity contribution in [3.8, 4) is 5.75 Å². The molecule has 1 aliphatic rings. The average Bonchev–Trinajstić information content (AvgIpc) is 2.40. The van der Waals surface area contributed by atoms with E-state index in [-0.39, 0.29) is 5.54 Å². The van der Waals surface area contributed by atoms with Crippen LogP contribution in [0, 0.1) is 0 Å². The predicted molar refractivity (Wildman–Crippen MR) is 73.0 cm³/mol. The summed E-state index contributed by atoms with van der Waals surface area (Å²) in [7, 11) is 0. The minimum atomic E-state index is 0.255. The summed E-state index contributed by atoms with van der Waals surface area (Å²) in [4.78, 5) is 0. The summed E-state index contributed by atoms with van der Waals surface area (Å²) in [6.07, 6.45) is 3.24. The van der Waals surface area contributed by atoms with Gasteiger partial charge in [-0.3, -0.25) is 0 Å². The third kappa shape index (κ3) is 4.31. The molecule has 0 saturated carbocycles. The fourth-order valence-corrected chi connectivity index (χ4v) is 2.17. The highest BCUT2D eigenvalue weighted by molar-refractivity contribution is 5.20. The van der Waals surface area contributed by atoms with Crippen molar-refractivity contribution in [1.29, 1.82) is 0 Å². The molecule has 100 valence electrons. The van der Waals surface area contributed by atoms with Crippen molar-refractivity contribution >= 4 is 0 Å². The van der Waals surface area contributed by atoms with Crippen LogP contribution in [-0.4, -0.2) is 31.9 Å². The van der Waals surface area contributed by atoms with Crippen LogP contribution in [0.3, 0.4) is 0 Å². The van der Waals surface area contributed by atoms with Crippen molar-refractivity contribution < 1.29 is 9.47 Å². The van der Waals surface area contributed by atoms with Crippen LogP contribution in [0.25, 0.3) is 0 Å².